The lowest BCUT2D eigenvalue weighted by Crippen LogP contribution is -2.16. The van der Waals surface area contributed by atoms with E-state index < -0.39 is 5.82 Å². The van der Waals surface area contributed by atoms with Crippen LogP contribution >= 0.6 is 11.3 Å². The van der Waals surface area contributed by atoms with Gasteiger partial charge in [0, 0.05) is 52.1 Å². The van der Waals surface area contributed by atoms with Gasteiger partial charge >= 0.3 is 0 Å². The fourth-order valence-electron chi connectivity index (χ4n) is 4.65. The second-order valence-electron chi connectivity index (χ2n) is 11.0. The van der Waals surface area contributed by atoms with Gasteiger partial charge in [-0.15, -0.1) is 0 Å². The summed E-state index contributed by atoms with van der Waals surface area (Å²) < 4.78 is 16.4. The Bertz CT molecular complexity index is 1540. The summed E-state index contributed by atoms with van der Waals surface area (Å²) in [6.07, 6.45) is 9.95. The summed E-state index contributed by atoms with van der Waals surface area (Å²) in [5.41, 5.74) is 7.89. The van der Waals surface area contributed by atoms with Crippen molar-refractivity contribution in [2.75, 3.05) is 12.4 Å². The lowest BCUT2D eigenvalue weighted by atomic mass is 9.91. The van der Waals surface area contributed by atoms with Crippen molar-refractivity contribution in [1.82, 2.24) is 15.3 Å². The van der Waals surface area contributed by atoms with E-state index in [0.29, 0.717) is 33.8 Å². The molecular weight excluding hydrogens is 527 g/mol. The summed E-state index contributed by atoms with van der Waals surface area (Å²) in [7, 11) is 1.77. The molecule has 2 heterocycles. The average molecular weight is 569 g/mol. The lowest BCUT2D eigenvalue weighted by Gasteiger charge is -2.21. The third-order valence-corrected chi connectivity index (χ3v) is 7.16. The molecule has 41 heavy (non-hydrogen) atoms. The Morgan fingerprint density at radius 2 is 1.90 bits per heavy atom. The van der Waals surface area contributed by atoms with Crippen molar-refractivity contribution in [3.8, 4) is 0 Å². The minimum atomic E-state index is -0.390. The lowest BCUT2D eigenvalue weighted by molar-refractivity contribution is 0.403. The van der Waals surface area contributed by atoms with Crippen LogP contribution in [0.15, 0.2) is 97.0 Å². The number of halogens is 1. The third-order valence-electron chi connectivity index (χ3n) is 6.47. The molecule has 2 aromatic heterocycles. The quantitative estimate of drug-likeness (QED) is 0.191. The molecule has 0 fully saturated rings. The fraction of sp³-hybridized carbons (Fsp3) is 0.229. The normalized spacial score (nSPS) is 12.7. The summed E-state index contributed by atoms with van der Waals surface area (Å²) in [5, 5.41) is 10.5. The molecule has 6 heteroatoms. The number of nitrogens with zero attached hydrogens (tertiary/aromatic N) is 1. The van der Waals surface area contributed by atoms with Gasteiger partial charge in [0.2, 0.25) is 0 Å². The molecule has 1 aromatic carbocycles. The van der Waals surface area contributed by atoms with Gasteiger partial charge in [-0.2, -0.15) is 11.3 Å². The van der Waals surface area contributed by atoms with Crippen molar-refractivity contribution in [2.45, 2.75) is 41.0 Å². The monoisotopic (exact) mass is 568 g/mol. The highest BCUT2D eigenvalue weighted by Crippen LogP contribution is 2.36. The summed E-state index contributed by atoms with van der Waals surface area (Å²) in [6.45, 7) is 26.6. The van der Waals surface area contributed by atoms with Crippen molar-refractivity contribution in [3.05, 3.63) is 137 Å². The molecule has 3 rings (SSSR count). The summed E-state index contributed by atoms with van der Waals surface area (Å²) in [4.78, 5) is 8.21. The van der Waals surface area contributed by atoms with Crippen molar-refractivity contribution in [2.24, 2.45) is 5.41 Å². The van der Waals surface area contributed by atoms with Crippen LogP contribution in [0, 0.1) is 18.2 Å². The molecule has 0 saturated carbocycles. The van der Waals surface area contributed by atoms with Gasteiger partial charge in [-0.05, 0) is 77.9 Å². The number of aromatic amines is 1. The Balaban J connectivity index is 2.05. The van der Waals surface area contributed by atoms with Crippen LogP contribution in [0.4, 0.5) is 10.1 Å². The first-order valence-corrected chi connectivity index (χ1v) is 14.5. The van der Waals surface area contributed by atoms with Gasteiger partial charge < -0.3 is 15.6 Å². The largest absolute Gasteiger partial charge is 0.388 e. The van der Waals surface area contributed by atoms with Crippen LogP contribution in [0.3, 0.4) is 0 Å². The Kier molecular flexibility index (Phi) is 10.3. The maximum atomic E-state index is 16.4. The number of hydrogen-bond donors (Lipinski definition) is 3. The number of benzene rings is 1. The number of rotatable bonds is 12. The summed E-state index contributed by atoms with van der Waals surface area (Å²) in [5.74, 6) is 0.109. The second kappa shape index (κ2) is 13.5. The van der Waals surface area contributed by atoms with Gasteiger partial charge in [0.15, 0.2) is 0 Å². The molecule has 214 valence electrons. The Morgan fingerprint density at radius 3 is 2.46 bits per heavy atom. The highest BCUT2D eigenvalue weighted by molar-refractivity contribution is 7.08. The van der Waals surface area contributed by atoms with Gasteiger partial charge in [-0.3, -0.25) is 0 Å². The molecule has 0 aliphatic heterocycles. The molecule has 0 saturated heterocycles. The number of H-pyrrole nitrogens is 1. The number of anilines is 1. The summed E-state index contributed by atoms with van der Waals surface area (Å²) in [6, 6.07) is 5.68. The van der Waals surface area contributed by atoms with E-state index in [0.717, 1.165) is 40.3 Å². The van der Waals surface area contributed by atoms with Crippen molar-refractivity contribution in [3.63, 3.8) is 0 Å². The first-order chi connectivity index (χ1) is 19.4. The Labute approximate surface area is 248 Å². The smallest absolute Gasteiger partial charge is 0.141 e. The molecule has 0 radical (unpaired) electrons. The number of aryl methyl sites for hydroxylation is 1. The van der Waals surface area contributed by atoms with Crippen molar-refractivity contribution < 1.29 is 4.39 Å². The van der Waals surface area contributed by atoms with E-state index >= 15 is 4.39 Å². The number of nitrogens with one attached hydrogen (secondary N) is 3. The van der Waals surface area contributed by atoms with Crippen LogP contribution in [-0.4, -0.2) is 17.0 Å². The van der Waals surface area contributed by atoms with Gasteiger partial charge in [0.05, 0.1) is 5.69 Å². The molecule has 0 aliphatic rings. The molecule has 0 spiro atoms. The molecule has 0 amide bonds. The second-order valence-corrected chi connectivity index (χ2v) is 11.8. The molecule has 0 aliphatic carbocycles. The van der Waals surface area contributed by atoms with Crippen molar-refractivity contribution in [1.29, 1.82) is 0 Å². The number of aromatic nitrogens is 2. The molecule has 4 nitrogen and oxygen atoms in total. The summed E-state index contributed by atoms with van der Waals surface area (Å²) >= 11 is 1.61. The van der Waals surface area contributed by atoms with E-state index in [4.69, 9.17) is 4.98 Å². The van der Waals surface area contributed by atoms with Gasteiger partial charge in [0.25, 0.3) is 0 Å². The third kappa shape index (κ3) is 7.53. The zero-order valence-electron chi connectivity index (χ0n) is 25.0. The Hall–Kier alpha value is -4.16. The topological polar surface area (TPSA) is 52.7 Å². The van der Waals surface area contributed by atoms with Crippen LogP contribution in [0.5, 0.6) is 0 Å². The average Bonchev–Trinajstić information content (AvgIpc) is 3.58. The highest BCUT2D eigenvalue weighted by atomic mass is 32.1. The number of thiophene rings is 1. The standard InChI is InChI=1S/C35H41FN4S/c1-11-14-29(26-17-18-41-21-26)33-24(6)39-34(40-33)23(5)31-30(37-10)16-15-28(32(31)36)25(12-2)19-27(13-3)38-22(4)20-35(7,8)9/h11-19,21,37-38H,1,3-5,20H2,2,6-10H3,(H,39,40)/b25-12+,27-19+,29-14-. The predicted octanol–water partition coefficient (Wildman–Crippen LogP) is 9.65. The van der Waals surface area contributed by atoms with Gasteiger partial charge in [-0.25, -0.2) is 9.37 Å². The zero-order chi connectivity index (χ0) is 30.3. The number of allylic oxidation sites excluding steroid dienone is 7. The molecular formula is C35H41FN4S. The van der Waals surface area contributed by atoms with E-state index in [9.17, 15) is 0 Å². The van der Waals surface area contributed by atoms with Crippen LogP contribution in [0.1, 0.15) is 68.0 Å². The van der Waals surface area contributed by atoms with E-state index in [-0.39, 0.29) is 5.41 Å². The van der Waals surface area contributed by atoms with Gasteiger partial charge in [0.1, 0.15) is 11.6 Å². The molecule has 0 bridgehead atoms. The minimum Gasteiger partial charge on any atom is -0.388 e. The van der Waals surface area contributed by atoms with Crippen LogP contribution in [0.2, 0.25) is 0 Å². The van der Waals surface area contributed by atoms with E-state index in [1.165, 1.54) is 0 Å². The first-order valence-electron chi connectivity index (χ1n) is 13.5. The van der Waals surface area contributed by atoms with E-state index in [2.05, 4.69) is 68.1 Å². The Morgan fingerprint density at radius 1 is 1.17 bits per heavy atom. The van der Waals surface area contributed by atoms with E-state index in [1.807, 2.05) is 49.6 Å². The first kappa shape index (κ1) is 31.4. The van der Waals surface area contributed by atoms with E-state index in [1.54, 1.807) is 36.6 Å². The van der Waals surface area contributed by atoms with Crippen LogP contribution < -0.4 is 10.6 Å². The van der Waals surface area contributed by atoms with Crippen LogP contribution in [-0.2, 0) is 0 Å². The predicted molar refractivity (Wildman–Crippen MR) is 177 cm³/mol. The fourth-order valence-corrected chi connectivity index (χ4v) is 5.31. The molecule has 0 atom stereocenters. The highest BCUT2D eigenvalue weighted by Gasteiger charge is 2.22. The van der Waals surface area contributed by atoms with Gasteiger partial charge in [-0.1, -0.05) is 65.3 Å². The number of hydrogen-bond acceptors (Lipinski definition) is 4. The zero-order valence-corrected chi connectivity index (χ0v) is 25.9. The van der Waals surface area contributed by atoms with Crippen molar-refractivity contribution >= 4 is 33.7 Å². The maximum Gasteiger partial charge on any atom is 0.141 e. The maximum absolute atomic E-state index is 16.4. The molecule has 3 N–H and O–H groups in total. The number of imidazole rings is 1. The molecule has 0 unspecified atom stereocenters. The molecule has 3 aromatic rings. The SMILES string of the molecule is C=C/C=C(/c1ccsc1)c1nc(C(=C)c2c(NC)ccc(C(/C=C(\C=C)NC(=C)CC(C)(C)C)=C/C)c2F)[nH]c1C. The van der Waals surface area contributed by atoms with Crippen LogP contribution in [0.25, 0.3) is 16.7 Å². The minimum absolute atomic E-state index is 0.0835.